The van der Waals surface area contributed by atoms with Crippen molar-refractivity contribution in [3.8, 4) is 0 Å². The van der Waals surface area contributed by atoms with E-state index in [1.54, 1.807) is 6.20 Å². The molecule has 0 unspecified atom stereocenters. The number of nitrogens with two attached hydrogens (primary N) is 1. The molecule has 1 aliphatic rings. The van der Waals surface area contributed by atoms with E-state index in [0.29, 0.717) is 29.5 Å². The van der Waals surface area contributed by atoms with Crippen LogP contribution in [0.1, 0.15) is 25.7 Å². The molecule has 5 N–H and O–H groups in total. The van der Waals surface area contributed by atoms with Crippen molar-refractivity contribution < 1.29 is 0 Å². The van der Waals surface area contributed by atoms with Gasteiger partial charge in [0.1, 0.15) is 5.69 Å². The molecule has 1 aromatic heterocycles. The number of rotatable bonds is 5. The van der Waals surface area contributed by atoms with Crippen LogP contribution in [0.2, 0.25) is 0 Å². The van der Waals surface area contributed by atoms with Gasteiger partial charge >= 0.3 is 0 Å². The van der Waals surface area contributed by atoms with Crippen LogP contribution in [0.15, 0.2) is 41.6 Å². The minimum absolute atomic E-state index is 0.314. The highest BCUT2D eigenvalue weighted by Crippen LogP contribution is 2.27. The van der Waals surface area contributed by atoms with Gasteiger partial charge in [0, 0.05) is 17.8 Å². The smallest absolute Gasteiger partial charge is 0.224 e. The molecular weight excluding hydrogens is 290 g/mol. The van der Waals surface area contributed by atoms with Crippen LogP contribution in [-0.4, -0.2) is 22.1 Å². The number of nitrogens with zero attached hydrogens (tertiary/aromatic N) is 3. The van der Waals surface area contributed by atoms with E-state index in [-0.39, 0.29) is 0 Å². The van der Waals surface area contributed by atoms with Crippen molar-refractivity contribution in [2.24, 2.45) is 10.8 Å². The van der Waals surface area contributed by atoms with Crippen LogP contribution in [0.4, 0.5) is 23.1 Å². The van der Waals surface area contributed by atoms with Gasteiger partial charge in [-0.15, -0.1) is 0 Å². The van der Waals surface area contributed by atoms with Crippen LogP contribution in [0.25, 0.3) is 0 Å². The molecule has 0 aliphatic heterocycles. The van der Waals surface area contributed by atoms with Gasteiger partial charge in [0.15, 0.2) is 5.82 Å². The third-order valence-corrected chi connectivity index (χ3v) is 4.03. The summed E-state index contributed by atoms with van der Waals surface area (Å²) < 4.78 is 0. The summed E-state index contributed by atoms with van der Waals surface area (Å²) in [6.45, 7) is 0. The fraction of sp³-hybridized carbons (Fsp3) is 0.375. The zero-order chi connectivity index (χ0) is 16.1. The first-order valence-electron chi connectivity index (χ1n) is 7.83. The quantitative estimate of drug-likeness (QED) is 0.631. The molecule has 1 heterocycles. The monoisotopic (exact) mass is 311 g/mol. The molecule has 0 amide bonds. The number of nitrogens with one attached hydrogen (secondary N) is 3. The molecular formula is C16H21N7. The molecule has 1 fully saturated rings. The normalized spacial score (nSPS) is 20.7. The maximum absolute atomic E-state index is 7.27. The van der Waals surface area contributed by atoms with E-state index < -0.39 is 0 Å². The van der Waals surface area contributed by atoms with Crippen molar-refractivity contribution >= 4 is 23.1 Å². The number of para-hydroxylation sites is 1. The molecule has 1 saturated carbocycles. The summed E-state index contributed by atoms with van der Waals surface area (Å²) >= 11 is 0. The average molecular weight is 311 g/mol. The number of anilines is 3. The SMILES string of the molecule is N=Nc1cnc(NC2CCC(N)CC2)nc1Nc1ccccc1. The van der Waals surface area contributed by atoms with Crippen LogP contribution in [0.3, 0.4) is 0 Å². The molecule has 1 aliphatic carbocycles. The Labute approximate surface area is 135 Å². The van der Waals surface area contributed by atoms with Crippen LogP contribution in [0, 0.1) is 5.53 Å². The van der Waals surface area contributed by atoms with Crippen LogP contribution in [-0.2, 0) is 0 Å². The largest absolute Gasteiger partial charge is 0.351 e. The third kappa shape index (κ3) is 4.01. The standard InChI is InChI=1S/C16H21N7/c17-11-6-8-13(9-7-11)21-16-19-10-14(23-18)15(22-16)20-12-4-2-1-3-5-12/h1-5,10-11,13,18H,6-9,17H2,(H2,19,20,21,22). The summed E-state index contributed by atoms with van der Waals surface area (Å²) in [5.74, 6) is 1.08. The lowest BCUT2D eigenvalue weighted by Gasteiger charge is -2.26. The lowest BCUT2D eigenvalue weighted by atomic mass is 9.92. The van der Waals surface area contributed by atoms with E-state index in [9.17, 15) is 0 Å². The van der Waals surface area contributed by atoms with Crippen molar-refractivity contribution in [1.82, 2.24) is 9.97 Å². The summed E-state index contributed by atoms with van der Waals surface area (Å²) in [5.41, 5.74) is 14.5. The Morgan fingerprint density at radius 3 is 2.57 bits per heavy atom. The first-order valence-corrected chi connectivity index (χ1v) is 7.83. The first kappa shape index (κ1) is 15.4. The molecule has 23 heavy (non-hydrogen) atoms. The fourth-order valence-corrected chi connectivity index (χ4v) is 2.72. The van der Waals surface area contributed by atoms with Gasteiger partial charge in [-0.25, -0.2) is 10.5 Å². The topological polar surface area (TPSA) is 112 Å². The Bertz CT molecular complexity index is 651. The van der Waals surface area contributed by atoms with Gasteiger partial charge < -0.3 is 16.4 Å². The molecule has 0 atom stereocenters. The second-order valence-electron chi connectivity index (χ2n) is 5.79. The van der Waals surface area contributed by atoms with Crippen molar-refractivity contribution in [3.63, 3.8) is 0 Å². The molecule has 0 radical (unpaired) electrons. The Kier molecular flexibility index (Phi) is 4.77. The molecule has 7 heteroatoms. The van der Waals surface area contributed by atoms with Gasteiger partial charge in [0.2, 0.25) is 5.95 Å². The summed E-state index contributed by atoms with van der Waals surface area (Å²) in [4.78, 5) is 8.73. The minimum Gasteiger partial charge on any atom is -0.351 e. The van der Waals surface area contributed by atoms with E-state index in [1.165, 1.54) is 0 Å². The molecule has 0 bridgehead atoms. The maximum Gasteiger partial charge on any atom is 0.224 e. The Morgan fingerprint density at radius 2 is 1.87 bits per heavy atom. The Balaban J connectivity index is 1.74. The van der Waals surface area contributed by atoms with E-state index in [0.717, 1.165) is 31.4 Å². The van der Waals surface area contributed by atoms with Gasteiger partial charge in [-0.3, -0.25) is 0 Å². The zero-order valence-electron chi connectivity index (χ0n) is 12.9. The predicted octanol–water partition coefficient (Wildman–Crippen LogP) is 3.56. The lowest BCUT2D eigenvalue weighted by molar-refractivity contribution is 0.410. The summed E-state index contributed by atoms with van der Waals surface area (Å²) in [6.07, 6.45) is 5.65. The number of aromatic nitrogens is 2. The first-order chi connectivity index (χ1) is 11.2. The lowest BCUT2D eigenvalue weighted by Crippen LogP contribution is -2.33. The molecule has 3 rings (SSSR count). The van der Waals surface area contributed by atoms with Crippen LogP contribution >= 0.6 is 0 Å². The van der Waals surface area contributed by atoms with Crippen molar-refractivity contribution in [2.45, 2.75) is 37.8 Å². The number of benzene rings is 1. The summed E-state index contributed by atoms with van der Waals surface area (Å²) in [5, 5.41) is 10.0. The number of hydrogen-bond acceptors (Lipinski definition) is 7. The van der Waals surface area contributed by atoms with Crippen LogP contribution in [0.5, 0.6) is 0 Å². The van der Waals surface area contributed by atoms with Gasteiger partial charge in [-0.05, 0) is 37.8 Å². The Hall–Kier alpha value is -2.54. The summed E-state index contributed by atoms with van der Waals surface area (Å²) in [7, 11) is 0. The van der Waals surface area contributed by atoms with Crippen LogP contribution < -0.4 is 16.4 Å². The molecule has 2 aromatic rings. The van der Waals surface area contributed by atoms with E-state index in [4.69, 9.17) is 11.3 Å². The van der Waals surface area contributed by atoms with Gasteiger partial charge in [0.05, 0.1) is 6.20 Å². The van der Waals surface area contributed by atoms with Gasteiger partial charge in [-0.2, -0.15) is 10.1 Å². The summed E-state index contributed by atoms with van der Waals surface area (Å²) in [6, 6.07) is 10.3. The predicted molar refractivity (Wildman–Crippen MR) is 90.4 cm³/mol. The molecule has 7 nitrogen and oxygen atoms in total. The number of hydrogen-bond donors (Lipinski definition) is 4. The zero-order valence-corrected chi connectivity index (χ0v) is 12.9. The Morgan fingerprint density at radius 1 is 1.13 bits per heavy atom. The highest BCUT2D eigenvalue weighted by Gasteiger charge is 2.19. The minimum atomic E-state index is 0.314. The average Bonchev–Trinajstić information content (AvgIpc) is 2.58. The van der Waals surface area contributed by atoms with E-state index in [1.807, 2.05) is 30.3 Å². The third-order valence-electron chi connectivity index (χ3n) is 4.03. The van der Waals surface area contributed by atoms with E-state index in [2.05, 4.69) is 25.7 Å². The maximum atomic E-state index is 7.27. The molecule has 0 saturated heterocycles. The molecule has 120 valence electrons. The highest BCUT2D eigenvalue weighted by molar-refractivity contribution is 5.68. The second-order valence-corrected chi connectivity index (χ2v) is 5.79. The molecule has 0 spiro atoms. The van der Waals surface area contributed by atoms with Crippen molar-refractivity contribution in [2.75, 3.05) is 10.6 Å². The molecule has 1 aromatic carbocycles. The van der Waals surface area contributed by atoms with Crippen molar-refractivity contribution in [1.29, 1.82) is 5.53 Å². The highest BCUT2D eigenvalue weighted by atomic mass is 15.2. The van der Waals surface area contributed by atoms with Gasteiger partial charge in [0.25, 0.3) is 0 Å². The second kappa shape index (κ2) is 7.15. The van der Waals surface area contributed by atoms with Crippen molar-refractivity contribution in [3.05, 3.63) is 36.5 Å². The van der Waals surface area contributed by atoms with Gasteiger partial charge in [-0.1, -0.05) is 18.2 Å². The van der Waals surface area contributed by atoms with E-state index >= 15 is 0 Å². The fourth-order valence-electron chi connectivity index (χ4n) is 2.72.